The van der Waals surface area contributed by atoms with Crippen LogP contribution in [0.5, 0.6) is 0 Å². The van der Waals surface area contributed by atoms with Crippen molar-refractivity contribution in [3.05, 3.63) is 11.1 Å². The number of rotatable bonds is 2. The van der Waals surface area contributed by atoms with Gasteiger partial charge in [0.25, 0.3) is 0 Å². The van der Waals surface area contributed by atoms with Crippen molar-refractivity contribution in [2.45, 2.75) is 46.1 Å². The van der Waals surface area contributed by atoms with Crippen molar-refractivity contribution in [2.75, 3.05) is 13.2 Å². The summed E-state index contributed by atoms with van der Waals surface area (Å²) in [6.45, 7) is 3.54. The first-order chi connectivity index (χ1) is 9.39. The molecule has 5 atom stereocenters. The maximum atomic E-state index is 12.5. The second kappa shape index (κ2) is 4.14. The van der Waals surface area contributed by atoms with E-state index in [2.05, 4.69) is 0 Å². The van der Waals surface area contributed by atoms with Gasteiger partial charge in [-0.3, -0.25) is 4.79 Å². The van der Waals surface area contributed by atoms with Crippen LogP contribution in [-0.2, 0) is 4.79 Å². The second-order valence-corrected chi connectivity index (χ2v) is 6.84. The molecule has 0 fully saturated rings. The molecule has 0 aromatic rings. The molecule has 0 aliphatic heterocycles. The Kier molecular flexibility index (Phi) is 2.63. The van der Waals surface area contributed by atoms with E-state index in [-0.39, 0.29) is 17.8 Å². The molecule has 0 amide bonds. The average molecular weight is 270 g/mol. The topological polar surface area (TPSA) is 77.8 Å². The number of aliphatic hydroxyl groups excluding tert-OH is 2. The maximum absolute atomic E-state index is 12.5. The minimum atomic E-state index is -1.91. The van der Waals surface area contributed by atoms with Crippen molar-refractivity contribution in [3.63, 3.8) is 0 Å². The zero-order chi connectivity index (χ0) is 16.4. The van der Waals surface area contributed by atoms with Gasteiger partial charge in [0, 0.05) is 17.4 Å². The summed E-state index contributed by atoms with van der Waals surface area (Å²) < 4.78 is 15.5. The van der Waals surface area contributed by atoms with Crippen LogP contribution in [0.15, 0.2) is 11.1 Å². The first-order valence-corrected chi connectivity index (χ1v) is 6.61. The molecule has 0 bridgehead atoms. The standard InChI is InChI=1S/C15H24O4/c1-9-5-10(18)11-12(15(9,19)8-17)14(4,7-16)6-13(11,2)3/h9,16-17,19H,5-8H2,1-4H3/t9-,14-,15-/m1/s1/i7D,8D/t7?,8?,9-,14-,15-. The Morgan fingerprint density at radius 2 is 1.89 bits per heavy atom. The highest BCUT2D eigenvalue weighted by Crippen LogP contribution is 2.59. The fraction of sp³-hybridized carbons (Fsp3) is 0.800. The van der Waals surface area contributed by atoms with Crippen molar-refractivity contribution in [3.8, 4) is 0 Å². The third kappa shape index (κ3) is 1.81. The third-order valence-electron chi connectivity index (χ3n) is 4.71. The summed E-state index contributed by atoms with van der Waals surface area (Å²) in [5.41, 5.74) is -3.10. The Morgan fingerprint density at radius 1 is 1.32 bits per heavy atom. The summed E-state index contributed by atoms with van der Waals surface area (Å²) in [6, 6.07) is 0. The van der Waals surface area contributed by atoms with Gasteiger partial charge in [-0.25, -0.2) is 0 Å². The fourth-order valence-electron chi connectivity index (χ4n) is 3.98. The van der Waals surface area contributed by atoms with Gasteiger partial charge < -0.3 is 15.3 Å². The van der Waals surface area contributed by atoms with Crippen molar-refractivity contribution >= 4 is 5.78 Å². The lowest BCUT2D eigenvalue weighted by molar-refractivity contribution is -0.123. The lowest BCUT2D eigenvalue weighted by atomic mass is 9.65. The molecule has 3 N–H and O–H groups in total. The van der Waals surface area contributed by atoms with Crippen LogP contribution in [0, 0.1) is 16.7 Å². The number of carbonyl (C=O) groups excluding carboxylic acids is 1. The third-order valence-corrected chi connectivity index (χ3v) is 4.71. The van der Waals surface area contributed by atoms with Gasteiger partial charge in [0.05, 0.1) is 15.9 Å². The predicted octanol–water partition coefficient (Wildman–Crippen LogP) is 1.04. The van der Waals surface area contributed by atoms with Crippen LogP contribution in [0.2, 0.25) is 0 Å². The van der Waals surface area contributed by atoms with E-state index in [1.807, 2.05) is 13.8 Å². The summed E-state index contributed by atoms with van der Waals surface area (Å²) >= 11 is 0. The number of allylic oxidation sites excluding steroid dienone is 1. The average Bonchev–Trinajstić information content (AvgIpc) is 2.54. The molecule has 19 heavy (non-hydrogen) atoms. The van der Waals surface area contributed by atoms with Crippen molar-refractivity contribution in [2.24, 2.45) is 16.7 Å². The van der Waals surface area contributed by atoms with Gasteiger partial charge in [-0.2, -0.15) is 0 Å². The van der Waals surface area contributed by atoms with E-state index in [1.165, 1.54) is 0 Å². The Morgan fingerprint density at radius 3 is 2.37 bits per heavy atom. The molecule has 0 spiro atoms. The van der Waals surface area contributed by atoms with Crippen LogP contribution in [0.3, 0.4) is 0 Å². The second-order valence-electron chi connectivity index (χ2n) is 6.84. The van der Waals surface area contributed by atoms with Gasteiger partial charge in [-0.15, -0.1) is 0 Å². The van der Waals surface area contributed by atoms with Gasteiger partial charge in [-0.1, -0.05) is 27.7 Å². The molecule has 108 valence electrons. The van der Waals surface area contributed by atoms with Crippen LogP contribution in [-0.4, -0.2) is 39.9 Å². The van der Waals surface area contributed by atoms with E-state index in [4.69, 9.17) is 2.74 Å². The van der Waals surface area contributed by atoms with Gasteiger partial charge >= 0.3 is 0 Å². The number of Topliss-reactive ketones (excluding diaryl/α,β-unsaturated/α-hetero) is 1. The van der Waals surface area contributed by atoms with Crippen LogP contribution >= 0.6 is 0 Å². The molecule has 4 nitrogen and oxygen atoms in total. The Hall–Kier alpha value is -0.710. The van der Waals surface area contributed by atoms with E-state index >= 15 is 0 Å². The quantitative estimate of drug-likeness (QED) is 0.701. The summed E-state index contributed by atoms with van der Waals surface area (Å²) in [5, 5.41) is 30.8. The van der Waals surface area contributed by atoms with Gasteiger partial charge in [0.1, 0.15) is 5.60 Å². The Labute approximate surface area is 117 Å². The van der Waals surface area contributed by atoms with E-state index in [0.29, 0.717) is 12.0 Å². The molecular formula is C15H24O4. The first kappa shape index (κ1) is 12.1. The number of hydrogen-bond donors (Lipinski definition) is 3. The Balaban J connectivity index is 2.80. The van der Waals surface area contributed by atoms with Gasteiger partial charge in [-0.05, 0) is 23.3 Å². The van der Waals surface area contributed by atoms with Crippen LogP contribution < -0.4 is 0 Å². The van der Waals surface area contributed by atoms with Crippen molar-refractivity contribution < 1.29 is 22.9 Å². The summed E-state index contributed by atoms with van der Waals surface area (Å²) in [6.07, 6.45) is 0.377. The predicted molar refractivity (Wildman–Crippen MR) is 71.4 cm³/mol. The van der Waals surface area contributed by atoms with Crippen LogP contribution in [0.4, 0.5) is 0 Å². The smallest absolute Gasteiger partial charge is 0.159 e. The normalized spacial score (nSPS) is 46.5. The zero-order valence-corrected chi connectivity index (χ0v) is 11.9. The highest BCUT2D eigenvalue weighted by Gasteiger charge is 2.59. The molecule has 2 unspecified atom stereocenters. The summed E-state index contributed by atoms with van der Waals surface area (Å²) in [5.74, 6) is -0.763. The number of hydrogen-bond acceptors (Lipinski definition) is 4. The minimum absolute atomic E-state index is 0.0544. The monoisotopic (exact) mass is 270 g/mol. The van der Waals surface area contributed by atoms with Crippen molar-refractivity contribution in [1.29, 1.82) is 0 Å². The molecule has 4 heteroatoms. The molecule has 0 aromatic carbocycles. The van der Waals surface area contributed by atoms with Crippen LogP contribution in [0.25, 0.3) is 0 Å². The fourth-order valence-corrected chi connectivity index (χ4v) is 3.98. The molecule has 0 aromatic heterocycles. The number of carbonyl (C=O) groups is 1. The van der Waals surface area contributed by atoms with Crippen molar-refractivity contribution in [1.82, 2.24) is 0 Å². The molecule has 2 aliphatic rings. The largest absolute Gasteiger partial charge is 0.395 e. The van der Waals surface area contributed by atoms with E-state index < -0.39 is 35.5 Å². The number of ketones is 1. The molecule has 0 saturated heterocycles. The molecule has 0 saturated carbocycles. The SMILES string of the molecule is [2H]C(O)[C@@]1(C)CC(C)(C)C2=C1[C@@](O)(C([2H])O)[C@H](C)CC2=O. The highest BCUT2D eigenvalue weighted by atomic mass is 16.3. The van der Waals surface area contributed by atoms with E-state index in [9.17, 15) is 20.1 Å². The lowest BCUT2D eigenvalue weighted by Crippen LogP contribution is -2.51. The lowest BCUT2D eigenvalue weighted by Gasteiger charge is -2.43. The molecular weight excluding hydrogens is 244 g/mol. The summed E-state index contributed by atoms with van der Waals surface area (Å²) in [7, 11) is 0. The van der Waals surface area contributed by atoms with E-state index in [1.54, 1.807) is 13.8 Å². The first-order valence-electron chi connectivity index (χ1n) is 7.76. The highest BCUT2D eigenvalue weighted by molar-refractivity contribution is 6.00. The molecule has 0 radical (unpaired) electrons. The summed E-state index contributed by atoms with van der Waals surface area (Å²) in [4.78, 5) is 12.5. The maximum Gasteiger partial charge on any atom is 0.159 e. The van der Waals surface area contributed by atoms with Crippen LogP contribution in [0.1, 0.15) is 43.3 Å². The zero-order valence-electron chi connectivity index (χ0n) is 13.9. The minimum Gasteiger partial charge on any atom is -0.395 e. The van der Waals surface area contributed by atoms with E-state index in [0.717, 1.165) is 0 Å². The molecule has 2 aliphatic carbocycles. The Bertz CT molecular complexity index is 512. The molecule has 2 rings (SSSR count). The van der Waals surface area contributed by atoms with Gasteiger partial charge in [0.15, 0.2) is 5.78 Å². The number of aliphatic hydroxyl groups is 3. The van der Waals surface area contributed by atoms with Gasteiger partial charge in [0.2, 0.25) is 0 Å². The molecule has 0 heterocycles.